The maximum atomic E-state index is 11.7. The minimum atomic E-state index is -0.144. The molecular formula is C12H18N2OS. The molecule has 1 aliphatic carbocycles. The van der Waals surface area contributed by atoms with Crippen LogP contribution in [0.3, 0.4) is 0 Å². The van der Waals surface area contributed by atoms with Gasteiger partial charge in [-0.15, -0.1) is 0 Å². The molecule has 0 aliphatic heterocycles. The first-order valence-corrected chi connectivity index (χ1v) is 6.76. The number of hydrogen-bond donors (Lipinski definition) is 0. The van der Waals surface area contributed by atoms with E-state index in [0.29, 0.717) is 0 Å². The van der Waals surface area contributed by atoms with Gasteiger partial charge in [0.1, 0.15) is 0 Å². The van der Waals surface area contributed by atoms with E-state index in [0.717, 1.165) is 31.4 Å². The number of hydrogen-bond acceptors (Lipinski definition) is 4. The molecule has 1 saturated carbocycles. The number of thioether (sulfide) groups is 1. The van der Waals surface area contributed by atoms with Gasteiger partial charge in [-0.3, -0.25) is 4.79 Å². The fraction of sp³-hybridized carbons (Fsp3) is 0.750. The molecule has 1 rings (SSSR count). The van der Waals surface area contributed by atoms with Gasteiger partial charge in [0, 0.05) is 18.1 Å². The Labute approximate surface area is 102 Å². The van der Waals surface area contributed by atoms with Crippen LogP contribution in [-0.2, 0) is 4.79 Å². The van der Waals surface area contributed by atoms with Gasteiger partial charge in [0.2, 0.25) is 0 Å². The van der Waals surface area contributed by atoms with Gasteiger partial charge in [-0.2, -0.15) is 22.3 Å². The van der Waals surface area contributed by atoms with Crippen molar-refractivity contribution in [3.05, 3.63) is 0 Å². The maximum absolute atomic E-state index is 11.7. The Hall–Kier alpha value is -1.00. The van der Waals surface area contributed by atoms with Crippen molar-refractivity contribution in [2.24, 2.45) is 5.41 Å². The summed E-state index contributed by atoms with van der Waals surface area (Å²) in [4.78, 5) is 11.7. The largest absolute Gasteiger partial charge is 0.298 e. The molecule has 0 saturated heterocycles. The Bertz CT molecular complexity index is 295. The van der Waals surface area contributed by atoms with Gasteiger partial charge in [0.15, 0.2) is 5.78 Å². The zero-order valence-electron chi connectivity index (χ0n) is 9.95. The molecule has 0 spiro atoms. The quantitative estimate of drug-likeness (QED) is 0.755. The number of carbonyl (C=O) groups excluding carboxylic acids is 1. The Balaban J connectivity index is 0.000000673. The summed E-state index contributed by atoms with van der Waals surface area (Å²) in [6.07, 6.45) is 6.42. The summed E-state index contributed by atoms with van der Waals surface area (Å²) in [6.45, 7) is 1.43. The fourth-order valence-electron chi connectivity index (χ4n) is 2.09. The second-order valence-electron chi connectivity index (χ2n) is 3.90. The molecule has 0 heterocycles. The normalized spacial score (nSPS) is 16.5. The van der Waals surface area contributed by atoms with Crippen LogP contribution in [0.15, 0.2) is 0 Å². The van der Waals surface area contributed by atoms with E-state index in [-0.39, 0.29) is 17.6 Å². The number of carbonyl (C=O) groups is 1. The second-order valence-corrected chi connectivity index (χ2v) is 4.77. The van der Waals surface area contributed by atoms with Crippen LogP contribution in [0.1, 0.15) is 39.0 Å². The maximum Gasteiger partial charge on any atom is 0.153 e. The summed E-state index contributed by atoms with van der Waals surface area (Å²) in [5, 5.41) is 15.8. The average molecular weight is 238 g/mol. The summed E-state index contributed by atoms with van der Waals surface area (Å²) >= 11 is 1.72. The number of ketones is 1. The molecule has 16 heavy (non-hydrogen) atoms. The molecule has 0 amide bonds. The third-order valence-corrected chi connectivity index (χ3v) is 3.65. The zero-order chi connectivity index (χ0) is 12.4. The Morgan fingerprint density at radius 2 is 1.88 bits per heavy atom. The highest BCUT2D eigenvalue weighted by atomic mass is 32.2. The van der Waals surface area contributed by atoms with E-state index in [9.17, 15) is 4.79 Å². The lowest BCUT2D eigenvalue weighted by Gasteiger charge is -2.25. The lowest BCUT2D eigenvalue weighted by Crippen LogP contribution is -2.30. The van der Waals surface area contributed by atoms with Crippen molar-refractivity contribution in [3.8, 4) is 12.1 Å². The van der Waals surface area contributed by atoms with Crippen molar-refractivity contribution in [1.29, 1.82) is 10.5 Å². The molecule has 1 fully saturated rings. The van der Waals surface area contributed by atoms with Crippen molar-refractivity contribution < 1.29 is 4.79 Å². The second kappa shape index (κ2) is 8.19. The minimum Gasteiger partial charge on any atom is -0.298 e. The molecular weight excluding hydrogens is 220 g/mol. The first kappa shape index (κ1) is 15.0. The van der Waals surface area contributed by atoms with Crippen molar-refractivity contribution in [2.45, 2.75) is 39.0 Å². The van der Waals surface area contributed by atoms with Crippen LogP contribution >= 0.6 is 11.8 Å². The fourth-order valence-corrected chi connectivity index (χ4v) is 3.09. The average Bonchev–Trinajstić information content (AvgIpc) is 2.70. The first-order valence-electron chi connectivity index (χ1n) is 5.37. The van der Waals surface area contributed by atoms with Gasteiger partial charge in [-0.05, 0) is 19.1 Å². The highest BCUT2D eigenvalue weighted by Gasteiger charge is 2.39. The molecule has 4 heteroatoms. The highest BCUT2D eigenvalue weighted by Crippen LogP contribution is 2.41. The summed E-state index contributed by atoms with van der Waals surface area (Å²) in [6, 6.07) is 3.72. The Morgan fingerprint density at radius 3 is 2.25 bits per heavy atom. The molecule has 0 aromatic rings. The number of nitriles is 2. The molecule has 0 N–H and O–H groups in total. The minimum absolute atomic E-state index is 0.0978. The van der Waals surface area contributed by atoms with Crippen LogP contribution < -0.4 is 0 Å². The smallest absolute Gasteiger partial charge is 0.153 e. The lowest BCUT2D eigenvalue weighted by atomic mass is 9.82. The van der Waals surface area contributed by atoms with Crippen LogP contribution in [0.5, 0.6) is 0 Å². The number of rotatable bonds is 4. The topological polar surface area (TPSA) is 64.7 Å². The van der Waals surface area contributed by atoms with Crippen LogP contribution in [0, 0.1) is 28.1 Å². The molecule has 0 atom stereocenters. The van der Waals surface area contributed by atoms with E-state index in [4.69, 9.17) is 10.5 Å². The van der Waals surface area contributed by atoms with Crippen molar-refractivity contribution in [2.75, 3.05) is 12.0 Å². The highest BCUT2D eigenvalue weighted by molar-refractivity contribution is 7.98. The van der Waals surface area contributed by atoms with E-state index in [1.165, 1.54) is 6.92 Å². The van der Waals surface area contributed by atoms with Crippen LogP contribution in [0.4, 0.5) is 0 Å². The van der Waals surface area contributed by atoms with Crippen LogP contribution in [0.2, 0.25) is 0 Å². The summed E-state index contributed by atoms with van der Waals surface area (Å²) in [7, 11) is 0. The third kappa shape index (κ3) is 4.24. The molecule has 0 aromatic carbocycles. The van der Waals surface area contributed by atoms with Crippen molar-refractivity contribution in [3.63, 3.8) is 0 Å². The predicted octanol–water partition coefficient (Wildman–Crippen LogP) is 2.92. The third-order valence-electron chi connectivity index (χ3n) is 2.81. The zero-order valence-corrected chi connectivity index (χ0v) is 10.8. The van der Waals surface area contributed by atoms with Crippen LogP contribution in [0.25, 0.3) is 0 Å². The molecule has 1 aliphatic rings. The van der Waals surface area contributed by atoms with Crippen molar-refractivity contribution in [1.82, 2.24) is 0 Å². The summed E-state index contributed by atoms with van der Waals surface area (Å²) < 4.78 is 0. The van der Waals surface area contributed by atoms with E-state index < -0.39 is 0 Å². The predicted molar refractivity (Wildman–Crippen MR) is 65.8 cm³/mol. The number of nitrogens with zero attached hydrogens (tertiary/aromatic N) is 2. The van der Waals surface area contributed by atoms with Gasteiger partial charge in [0.25, 0.3) is 0 Å². The van der Waals surface area contributed by atoms with Crippen molar-refractivity contribution >= 4 is 17.5 Å². The molecule has 88 valence electrons. The molecule has 0 radical (unpaired) electrons. The van der Waals surface area contributed by atoms with Gasteiger partial charge < -0.3 is 0 Å². The van der Waals surface area contributed by atoms with Gasteiger partial charge in [0.05, 0.1) is 18.6 Å². The summed E-state index contributed by atoms with van der Waals surface area (Å²) in [5.41, 5.74) is -0.144. The van der Waals surface area contributed by atoms with E-state index in [2.05, 4.69) is 0 Å². The molecule has 0 unspecified atom stereocenters. The molecule has 3 nitrogen and oxygen atoms in total. The van der Waals surface area contributed by atoms with E-state index in [1.807, 2.05) is 12.3 Å². The van der Waals surface area contributed by atoms with E-state index >= 15 is 0 Å². The monoisotopic (exact) mass is 238 g/mol. The molecule has 0 bridgehead atoms. The van der Waals surface area contributed by atoms with Crippen LogP contribution in [-0.4, -0.2) is 17.8 Å². The standard InChI is InChI=1S/C10H15NOS.C2H3N/c1-13-8-10(5-2-3-6-10)9(12)4-7-11;1-2-3/h2-6,8H2,1H3;1H3. The number of Topliss-reactive ketones (excluding diaryl/α,β-unsaturated/α-hetero) is 1. The molecule has 0 aromatic heterocycles. The Kier molecular flexibility index (Phi) is 7.68. The Morgan fingerprint density at radius 1 is 1.38 bits per heavy atom. The SMILES string of the molecule is CC#N.CSCC1(C(=O)CC#N)CCCC1. The van der Waals surface area contributed by atoms with Gasteiger partial charge in [-0.1, -0.05) is 12.8 Å². The van der Waals surface area contributed by atoms with E-state index in [1.54, 1.807) is 17.8 Å². The van der Waals surface area contributed by atoms with Gasteiger partial charge in [-0.25, -0.2) is 0 Å². The summed E-state index contributed by atoms with van der Waals surface area (Å²) in [5.74, 6) is 1.06. The van der Waals surface area contributed by atoms with Gasteiger partial charge >= 0.3 is 0 Å². The first-order chi connectivity index (χ1) is 7.66. The lowest BCUT2D eigenvalue weighted by molar-refractivity contribution is -0.126.